The lowest BCUT2D eigenvalue weighted by Gasteiger charge is -2.31. The van der Waals surface area contributed by atoms with Crippen LogP contribution in [-0.4, -0.2) is 39.2 Å². The van der Waals surface area contributed by atoms with E-state index in [0.717, 1.165) is 12.3 Å². The normalized spacial score (nSPS) is 39.0. The molecule has 6 nitrogen and oxygen atoms in total. The third-order valence-corrected chi connectivity index (χ3v) is 5.99. The first-order valence-electron chi connectivity index (χ1n) is 7.89. The number of ether oxygens (including phenoxy) is 1. The zero-order chi connectivity index (χ0) is 19.2. The number of carbonyl (C=O) groups excluding carboxylic acids is 2. The summed E-state index contributed by atoms with van der Waals surface area (Å²) in [5.74, 6) is -4.59. The summed E-state index contributed by atoms with van der Waals surface area (Å²) in [5, 5.41) is 9.60. The van der Waals surface area contributed by atoms with E-state index in [1.54, 1.807) is 6.92 Å². The number of aromatic nitrogens is 1. The number of anilines is 1. The van der Waals surface area contributed by atoms with E-state index in [1.807, 2.05) is 0 Å². The number of fused-ring (bicyclic) bond motifs is 5. The topological polar surface area (TPSA) is 79.7 Å². The van der Waals surface area contributed by atoms with E-state index in [2.05, 4.69) is 4.98 Å². The average molecular weight is 391 g/mol. The second-order valence-corrected chi connectivity index (χ2v) is 7.68. The zero-order valence-electron chi connectivity index (χ0n) is 13.7. The molecule has 2 bridgehead atoms. The maximum Gasteiger partial charge on any atom is 0.421 e. The number of amides is 2. The molecule has 0 aliphatic carbocycles. The number of pyridine rings is 1. The van der Waals surface area contributed by atoms with Gasteiger partial charge in [-0.2, -0.15) is 13.2 Å². The second kappa shape index (κ2) is 4.96. The van der Waals surface area contributed by atoms with E-state index in [1.165, 1.54) is 6.92 Å². The minimum Gasteiger partial charge on any atom is -0.390 e. The highest BCUT2D eigenvalue weighted by Crippen LogP contribution is 2.61. The molecular formula is C16H14ClF3N2O4. The van der Waals surface area contributed by atoms with Crippen LogP contribution in [0.4, 0.5) is 19.0 Å². The molecule has 140 valence electrons. The Bertz CT molecular complexity index is 847. The molecule has 0 aromatic carbocycles. The molecule has 1 N–H and O–H groups in total. The van der Waals surface area contributed by atoms with Crippen LogP contribution >= 0.6 is 11.6 Å². The lowest BCUT2D eigenvalue weighted by Crippen LogP contribution is -2.49. The van der Waals surface area contributed by atoms with Gasteiger partial charge in [-0.3, -0.25) is 9.59 Å². The summed E-state index contributed by atoms with van der Waals surface area (Å²) in [4.78, 5) is 29.9. The molecule has 5 atom stereocenters. The number of aliphatic hydroxyl groups is 1. The second-order valence-electron chi connectivity index (χ2n) is 7.27. The fourth-order valence-electron chi connectivity index (χ4n) is 4.59. The van der Waals surface area contributed by atoms with Crippen LogP contribution in [0.25, 0.3) is 0 Å². The first-order valence-corrected chi connectivity index (χ1v) is 8.27. The van der Waals surface area contributed by atoms with Gasteiger partial charge in [0.25, 0.3) is 0 Å². The first kappa shape index (κ1) is 17.7. The molecule has 3 aliphatic heterocycles. The largest absolute Gasteiger partial charge is 0.421 e. The van der Waals surface area contributed by atoms with Gasteiger partial charge in [0.2, 0.25) is 11.8 Å². The Hall–Kier alpha value is -1.71. The van der Waals surface area contributed by atoms with Crippen LogP contribution in [-0.2, 0) is 20.5 Å². The molecule has 3 saturated heterocycles. The van der Waals surface area contributed by atoms with Gasteiger partial charge in [0.1, 0.15) is 11.2 Å². The SMILES string of the molecule is CC12CC(O)C(C)(O1)C1C(=O)N(c3nccc(Cl)c3C(F)(F)F)C(=O)C12. The highest BCUT2D eigenvalue weighted by Gasteiger charge is 2.76. The van der Waals surface area contributed by atoms with E-state index >= 15 is 0 Å². The highest BCUT2D eigenvalue weighted by molar-refractivity contribution is 6.32. The number of alkyl halides is 3. The Morgan fingerprint density at radius 3 is 2.54 bits per heavy atom. The molecule has 4 rings (SSSR count). The van der Waals surface area contributed by atoms with E-state index in [-0.39, 0.29) is 6.42 Å². The summed E-state index contributed by atoms with van der Waals surface area (Å²) in [7, 11) is 0. The van der Waals surface area contributed by atoms with Crippen LogP contribution in [0.1, 0.15) is 25.8 Å². The summed E-state index contributed by atoms with van der Waals surface area (Å²) < 4.78 is 46.1. The Morgan fingerprint density at radius 1 is 1.31 bits per heavy atom. The number of carbonyl (C=O) groups is 2. The summed E-state index contributed by atoms with van der Waals surface area (Å²) in [6.07, 6.45) is -4.78. The van der Waals surface area contributed by atoms with E-state index in [4.69, 9.17) is 16.3 Å². The minimum atomic E-state index is -4.90. The molecule has 10 heteroatoms. The van der Waals surface area contributed by atoms with Crippen molar-refractivity contribution >= 4 is 29.2 Å². The fraction of sp³-hybridized carbons (Fsp3) is 0.562. The van der Waals surface area contributed by atoms with Crippen LogP contribution in [0.5, 0.6) is 0 Å². The molecule has 0 radical (unpaired) electrons. The van der Waals surface area contributed by atoms with Gasteiger partial charge < -0.3 is 9.84 Å². The summed E-state index contributed by atoms with van der Waals surface area (Å²) in [6, 6.07) is 0.943. The van der Waals surface area contributed by atoms with Gasteiger partial charge in [0.15, 0.2) is 5.82 Å². The highest BCUT2D eigenvalue weighted by atomic mass is 35.5. The van der Waals surface area contributed by atoms with Crippen molar-refractivity contribution < 1.29 is 32.6 Å². The van der Waals surface area contributed by atoms with Crippen molar-refractivity contribution in [2.45, 2.75) is 43.8 Å². The van der Waals surface area contributed by atoms with Gasteiger partial charge in [-0.1, -0.05) is 11.6 Å². The Morgan fingerprint density at radius 2 is 1.92 bits per heavy atom. The summed E-state index contributed by atoms with van der Waals surface area (Å²) >= 11 is 5.68. The average Bonchev–Trinajstić information content (AvgIpc) is 2.99. The number of rotatable bonds is 1. The fourth-order valence-corrected chi connectivity index (χ4v) is 4.84. The van der Waals surface area contributed by atoms with Crippen LogP contribution in [0, 0.1) is 11.8 Å². The predicted molar refractivity (Wildman–Crippen MR) is 82.2 cm³/mol. The van der Waals surface area contributed by atoms with Crippen LogP contribution < -0.4 is 4.90 Å². The molecule has 1 aromatic rings. The van der Waals surface area contributed by atoms with Crippen LogP contribution in [0.2, 0.25) is 5.02 Å². The quantitative estimate of drug-likeness (QED) is 0.743. The smallest absolute Gasteiger partial charge is 0.390 e. The zero-order valence-corrected chi connectivity index (χ0v) is 14.4. The van der Waals surface area contributed by atoms with Gasteiger partial charge in [-0.25, -0.2) is 9.88 Å². The molecule has 4 heterocycles. The van der Waals surface area contributed by atoms with E-state index in [0.29, 0.717) is 4.90 Å². The van der Waals surface area contributed by atoms with Crippen LogP contribution in [0.3, 0.4) is 0 Å². The number of hydrogen-bond acceptors (Lipinski definition) is 5. The molecule has 0 spiro atoms. The van der Waals surface area contributed by atoms with Crippen molar-refractivity contribution in [1.82, 2.24) is 4.98 Å². The molecule has 1 aromatic heterocycles. The predicted octanol–water partition coefficient (Wildman–Crippen LogP) is 2.17. The van der Waals surface area contributed by atoms with Crippen molar-refractivity contribution in [2.24, 2.45) is 11.8 Å². The first-order chi connectivity index (χ1) is 11.9. The number of halogens is 4. The molecule has 3 aliphatic rings. The maximum absolute atomic E-state index is 13.4. The number of hydrogen-bond donors (Lipinski definition) is 1. The lowest BCUT2D eigenvalue weighted by molar-refractivity contribution is -0.137. The Balaban J connectivity index is 1.87. The number of aliphatic hydroxyl groups excluding tert-OH is 1. The summed E-state index contributed by atoms with van der Waals surface area (Å²) in [6.45, 7) is 3.08. The summed E-state index contributed by atoms with van der Waals surface area (Å²) in [5.41, 5.74) is -3.80. The third kappa shape index (κ3) is 1.99. The third-order valence-electron chi connectivity index (χ3n) is 5.67. The molecule has 26 heavy (non-hydrogen) atoms. The van der Waals surface area contributed by atoms with Crippen molar-refractivity contribution in [2.75, 3.05) is 4.90 Å². The van der Waals surface area contributed by atoms with Crippen molar-refractivity contribution in [3.05, 3.63) is 22.8 Å². The molecule has 5 unspecified atom stereocenters. The van der Waals surface area contributed by atoms with E-state index < -0.39 is 63.5 Å². The van der Waals surface area contributed by atoms with Gasteiger partial charge in [-0.05, 0) is 19.9 Å². The monoisotopic (exact) mass is 390 g/mol. The molecular weight excluding hydrogens is 377 g/mol. The molecule has 3 fully saturated rings. The lowest BCUT2D eigenvalue weighted by atomic mass is 9.67. The number of nitrogens with zero attached hydrogens (tertiary/aromatic N) is 2. The van der Waals surface area contributed by atoms with Gasteiger partial charge in [0, 0.05) is 12.6 Å². The van der Waals surface area contributed by atoms with Gasteiger partial charge >= 0.3 is 6.18 Å². The van der Waals surface area contributed by atoms with Crippen molar-refractivity contribution in [3.63, 3.8) is 0 Å². The molecule has 2 amide bonds. The maximum atomic E-state index is 13.4. The van der Waals surface area contributed by atoms with Crippen LogP contribution in [0.15, 0.2) is 12.3 Å². The van der Waals surface area contributed by atoms with Gasteiger partial charge in [-0.15, -0.1) is 0 Å². The van der Waals surface area contributed by atoms with Gasteiger partial charge in [0.05, 0.1) is 28.6 Å². The molecule has 0 saturated carbocycles. The standard InChI is InChI=1S/C16H14ClF3N2O4/c1-14-5-7(23)15(2,26-14)10-9(14)12(24)22(13(10)25)11-8(16(18,19)20)6(17)3-4-21-11/h3-4,7,9-10,23H,5H2,1-2H3. The number of imide groups is 1. The van der Waals surface area contributed by atoms with Crippen molar-refractivity contribution in [1.29, 1.82) is 0 Å². The van der Waals surface area contributed by atoms with E-state index in [9.17, 15) is 27.9 Å². The Kier molecular flexibility index (Phi) is 3.38. The minimum absolute atomic E-state index is 0.118. The Labute approximate surface area is 150 Å². The van der Waals surface area contributed by atoms with Crippen molar-refractivity contribution in [3.8, 4) is 0 Å².